The molecule has 1 aromatic carbocycles. The molecule has 0 aliphatic carbocycles. The molecule has 0 spiro atoms. The van der Waals surface area contributed by atoms with Crippen LogP contribution in [0.25, 0.3) is 10.2 Å². The second-order valence-corrected chi connectivity index (χ2v) is 10.5. The molecule has 0 amide bonds. The Morgan fingerprint density at radius 1 is 1.19 bits per heavy atom. The van der Waals surface area contributed by atoms with Crippen molar-refractivity contribution < 1.29 is 13.3 Å². The molecule has 0 atom stereocenters. The molecule has 1 aliphatic heterocycles. The summed E-state index contributed by atoms with van der Waals surface area (Å²) >= 11 is 1.47. The van der Waals surface area contributed by atoms with Crippen molar-refractivity contribution in [1.82, 2.24) is 9.29 Å². The molecule has 0 saturated carbocycles. The van der Waals surface area contributed by atoms with Gasteiger partial charge in [0, 0.05) is 37.7 Å². The van der Waals surface area contributed by atoms with Crippen LogP contribution < -0.4 is 4.90 Å². The Bertz CT molecular complexity index is 955. The van der Waals surface area contributed by atoms with Gasteiger partial charge >= 0.3 is 0 Å². The number of rotatable bonds is 3. The highest BCUT2D eigenvalue weighted by Crippen LogP contribution is 2.38. The van der Waals surface area contributed by atoms with Crippen LogP contribution in [0.5, 0.6) is 0 Å². The third-order valence-electron chi connectivity index (χ3n) is 4.37. The molecule has 0 radical (unpaired) electrons. The zero-order chi connectivity index (χ0) is 19.3. The van der Waals surface area contributed by atoms with Crippen LogP contribution in [0.4, 0.5) is 11.4 Å². The molecule has 0 unspecified atom stereocenters. The van der Waals surface area contributed by atoms with E-state index in [0.717, 1.165) is 15.2 Å². The van der Waals surface area contributed by atoms with E-state index in [0.29, 0.717) is 31.9 Å². The van der Waals surface area contributed by atoms with Crippen molar-refractivity contribution in [3.05, 3.63) is 27.3 Å². The normalized spacial score (nSPS) is 17.0. The van der Waals surface area contributed by atoms with Gasteiger partial charge in [-0.25, -0.2) is 13.4 Å². The molecular weight excluding hydrogens is 376 g/mol. The first-order chi connectivity index (χ1) is 12.0. The lowest BCUT2D eigenvalue weighted by molar-refractivity contribution is -0.384. The first kappa shape index (κ1) is 19.0. The van der Waals surface area contributed by atoms with E-state index in [4.69, 9.17) is 0 Å². The van der Waals surface area contributed by atoms with Crippen molar-refractivity contribution in [2.75, 3.05) is 37.3 Å². The summed E-state index contributed by atoms with van der Waals surface area (Å²) in [6.45, 7) is 7.64. The van der Waals surface area contributed by atoms with Gasteiger partial charge in [0.15, 0.2) is 0 Å². The van der Waals surface area contributed by atoms with E-state index in [1.807, 2.05) is 4.90 Å². The molecule has 8 nitrogen and oxygen atoms in total. The van der Waals surface area contributed by atoms with Crippen LogP contribution in [0.15, 0.2) is 12.1 Å². The van der Waals surface area contributed by atoms with Gasteiger partial charge in [0.1, 0.15) is 5.69 Å². The van der Waals surface area contributed by atoms with Gasteiger partial charge in [-0.05, 0) is 6.07 Å². The molecular formula is C16H22N4O4S2. The summed E-state index contributed by atoms with van der Waals surface area (Å²) < 4.78 is 25.5. The quantitative estimate of drug-likeness (QED) is 0.582. The number of hydrogen-bond donors (Lipinski definition) is 0. The molecule has 142 valence electrons. The van der Waals surface area contributed by atoms with Crippen LogP contribution in [-0.2, 0) is 15.4 Å². The first-order valence-corrected chi connectivity index (χ1v) is 10.9. The number of piperazine rings is 1. The SMILES string of the molecule is CC(C)(C)c1nc2cc(N3CCN(S(C)(=O)=O)CC3)c([N+](=O)[O-])cc2s1. The summed E-state index contributed by atoms with van der Waals surface area (Å²) in [4.78, 5) is 17.7. The van der Waals surface area contributed by atoms with E-state index in [2.05, 4.69) is 25.8 Å². The minimum absolute atomic E-state index is 0.0365. The van der Waals surface area contributed by atoms with E-state index in [-0.39, 0.29) is 16.0 Å². The molecule has 0 N–H and O–H groups in total. The van der Waals surface area contributed by atoms with E-state index < -0.39 is 10.0 Å². The third kappa shape index (κ3) is 3.67. The zero-order valence-electron chi connectivity index (χ0n) is 15.2. The first-order valence-electron chi connectivity index (χ1n) is 8.26. The maximum atomic E-state index is 11.7. The highest BCUT2D eigenvalue weighted by Gasteiger charge is 2.29. The van der Waals surface area contributed by atoms with Crippen LogP contribution in [0.2, 0.25) is 0 Å². The van der Waals surface area contributed by atoms with E-state index in [1.54, 1.807) is 12.1 Å². The lowest BCUT2D eigenvalue weighted by Gasteiger charge is -2.34. The van der Waals surface area contributed by atoms with Crippen LogP contribution in [0.1, 0.15) is 25.8 Å². The summed E-state index contributed by atoms with van der Waals surface area (Å²) in [5, 5.41) is 12.5. The molecule has 1 fully saturated rings. The number of fused-ring (bicyclic) bond motifs is 1. The van der Waals surface area contributed by atoms with Crippen molar-refractivity contribution in [3.8, 4) is 0 Å². The minimum Gasteiger partial charge on any atom is -0.363 e. The standard InChI is InChI=1S/C16H22N4O4S2/c1-16(2,3)15-17-11-9-12(13(20(21)22)10-14(11)25-15)18-5-7-19(8-6-18)26(4,23)24/h9-10H,5-8H2,1-4H3. The van der Waals surface area contributed by atoms with Crippen LogP contribution in [0, 0.1) is 10.1 Å². The maximum Gasteiger partial charge on any atom is 0.294 e. The fraction of sp³-hybridized carbons (Fsp3) is 0.562. The van der Waals surface area contributed by atoms with Crippen molar-refractivity contribution in [1.29, 1.82) is 0 Å². The zero-order valence-corrected chi connectivity index (χ0v) is 16.9. The van der Waals surface area contributed by atoms with Crippen LogP contribution in [-0.4, -0.2) is 55.1 Å². The van der Waals surface area contributed by atoms with E-state index in [1.165, 1.54) is 21.9 Å². The number of hydrogen-bond acceptors (Lipinski definition) is 7. The molecule has 1 aromatic heterocycles. The predicted octanol–water partition coefficient (Wildman–Crippen LogP) is 2.58. The number of anilines is 1. The van der Waals surface area contributed by atoms with Crippen LogP contribution >= 0.6 is 11.3 Å². The van der Waals surface area contributed by atoms with Crippen LogP contribution in [0.3, 0.4) is 0 Å². The molecule has 2 heterocycles. The second kappa shape index (κ2) is 6.43. The minimum atomic E-state index is -3.24. The molecule has 10 heteroatoms. The number of thiazole rings is 1. The molecule has 3 rings (SSSR count). The number of benzene rings is 1. The smallest absolute Gasteiger partial charge is 0.294 e. The number of nitro benzene ring substituents is 1. The maximum absolute atomic E-state index is 11.7. The summed E-state index contributed by atoms with van der Waals surface area (Å²) in [7, 11) is -3.24. The number of aromatic nitrogens is 1. The fourth-order valence-corrected chi connectivity index (χ4v) is 4.80. The molecule has 1 aliphatic rings. The van der Waals surface area contributed by atoms with Crippen molar-refractivity contribution >= 4 is 43.0 Å². The summed E-state index contributed by atoms with van der Waals surface area (Å²) in [6.07, 6.45) is 1.18. The highest BCUT2D eigenvalue weighted by atomic mass is 32.2. The average molecular weight is 399 g/mol. The van der Waals surface area contributed by atoms with Crippen molar-refractivity contribution in [2.24, 2.45) is 0 Å². The predicted molar refractivity (Wildman–Crippen MR) is 104 cm³/mol. The molecule has 1 saturated heterocycles. The number of sulfonamides is 1. The lowest BCUT2D eigenvalue weighted by Crippen LogP contribution is -2.48. The van der Waals surface area contributed by atoms with E-state index in [9.17, 15) is 18.5 Å². The van der Waals surface area contributed by atoms with Gasteiger partial charge in [0.2, 0.25) is 10.0 Å². The summed E-state index contributed by atoms with van der Waals surface area (Å²) in [6, 6.07) is 3.34. The third-order valence-corrected chi connectivity index (χ3v) is 7.12. The topological polar surface area (TPSA) is 96.7 Å². The second-order valence-electron chi connectivity index (χ2n) is 7.48. The fourth-order valence-electron chi connectivity index (χ4n) is 2.93. The Morgan fingerprint density at radius 2 is 1.81 bits per heavy atom. The van der Waals surface area contributed by atoms with Gasteiger partial charge < -0.3 is 4.90 Å². The van der Waals surface area contributed by atoms with Crippen molar-refractivity contribution in [2.45, 2.75) is 26.2 Å². The van der Waals surface area contributed by atoms with Crippen molar-refractivity contribution in [3.63, 3.8) is 0 Å². The van der Waals surface area contributed by atoms with Gasteiger partial charge in [-0.2, -0.15) is 4.31 Å². The molecule has 2 aromatic rings. The summed E-state index contributed by atoms with van der Waals surface area (Å²) in [5.41, 5.74) is 1.15. The lowest BCUT2D eigenvalue weighted by atomic mass is 9.98. The van der Waals surface area contributed by atoms with Gasteiger partial charge in [-0.15, -0.1) is 11.3 Å². The highest BCUT2D eigenvalue weighted by molar-refractivity contribution is 7.88. The van der Waals surface area contributed by atoms with Gasteiger partial charge in [-0.1, -0.05) is 20.8 Å². The Labute approximate surface area is 156 Å². The Hall–Kier alpha value is -1.78. The molecule has 26 heavy (non-hydrogen) atoms. The van der Waals surface area contributed by atoms with Gasteiger partial charge in [0.25, 0.3) is 5.69 Å². The van der Waals surface area contributed by atoms with Gasteiger partial charge in [0.05, 0.1) is 26.4 Å². The average Bonchev–Trinajstić information content (AvgIpc) is 2.96. The number of nitrogens with zero attached hydrogens (tertiary/aromatic N) is 4. The van der Waals surface area contributed by atoms with E-state index >= 15 is 0 Å². The Morgan fingerprint density at radius 3 is 2.31 bits per heavy atom. The Kier molecular flexibility index (Phi) is 4.70. The van der Waals surface area contributed by atoms with Gasteiger partial charge in [-0.3, -0.25) is 10.1 Å². The molecule has 0 bridgehead atoms. The summed E-state index contributed by atoms with van der Waals surface area (Å²) in [5.74, 6) is 0. The monoisotopic (exact) mass is 398 g/mol. The number of nitro groups is 1. The largest absolute Gasteiger partial charge is 0.363 e. The Balaban J connectivity index is 1.99.